The molecule has 0 atom stereocenters. The van der Waals surface area contributed by atoms with Gasteiger partial charge >= 0.3 is 0 Å². The number of para-hydroxylation sites is 2. The summed E-state index contributed by atoms with van der Waals surface area (Å²) in [6, 6.07) is 7.56. The molecule has 0 spiro atoms. The smallest absolute Gasteiger partial charge is 0.292 e. The third-order valence-electron chi connectivity index (χ3n) is 3.43. The number of benzene rings is 1. The van der Waals surface area contributed by atoms with Crippen LogP contribution in [-0.2, 0) is 4.79 Å². The molecular weight excluding hydrogens is 310 g/mol. The van der Waals surface area contributed by atoms with Gasteiger partial charge in [0.2, 0.25) is 0 Å². The molecule has 0 fully saturated rings. The van der Waals surface area contributed by atoms with Crippen molar-refractivity contribution >= 4 is 17.3 Å². The molecule has 0 saturated heterocycles. The Morgan fingerprint density at radius 3 is 2.62 bits per heavy atom. The second-order valence-corrected chi connectivity index (χ2v) is 4.88. The van der Waals surface area contributed by atoms with Gasteiger partial charge in [0.1, 0.15) is 17.3 Å². The fourth-order valence-corrected chi connectivity index (χ4v) is 2.01. The van der Waals surface area contributed by atoms with Crippen LogP contribution in [0.25, 0.3) is 0 Å². The number of hydrogen-bond acceptors (Lipinski definition) is 6. The number of nitriles is 1. The second-order valence-electron chi connectivity index (χ2n) is 4.88. The van der Waals surface area contributed by atoms with Crippen LogP contribution >= 0.6 is 0 Å². The minimum Gasteiger partial charge on any atom is -0.388 e. The van der Waals surface area contributed by atoms with E-state index in [0.29, 0.717) is 6.54 Å². The molecule has 0 bridgehead atoms. The number of nitrogens with zero attached hydrogens (tertiary/aromatic N) is 3. The lowest BCUT2D eigenvalue weighted by molar-refractivity contribution is -0.383. The van der Waals surface area contributed by atoms with Gasteiger partial charge in [-0.2, -0.15) is 5.26 Å². The molecule has 128 valence electrons. The fraction of sp³-hybridized carbons (Fsp3) is 0.375. The molecule has 0 heterocycles. The van der Waals surface area contributed by atoms with Gasteiger partial charge in [0.15, 0.2) is 0 Å². The zero-order valence-corrected chi connectivity index (χ0v) is 13.8. The molecule has 0 unspecified atom stereocenters. The number of nitro groups is 1. The van der Waals surface area contributed by atoms with Crippen LogP contribution in [0.2, 0.25) is 0 Å². The van der Waals surface area contributed by atoms with Crippen molar-refractivity contribution in [2.45, 2.75) is 13.8 Å². The lowest BCUT2D eigenvalue weighted by atomic mass is 10.2. The molecule has 0 aromatic heterocycles. The van der Waals surface area contributed by atoms with Crippen LogP contribution in [0.3, 0.4) is 0 Å². The molecule has 0 aliphatic carbocycles. The van der Waals surface area contributed by atoms with Crippen LogP contribution in [-0.4, -0.2) is 41.9 Å². The molecule has 0 saturated carbocycles. The molecule has 24 heavy (non-hydrogen) atoms. The topological polar surface area (TPSA) is 111 Å². The number of anilines is 1. The number of rotatable bonds is 9. The van der Waals surface area contributed by atoms with E-state index in [4.69, 9.17) is 5.26 Å². The Hall–Kier alpha value is -2.92. The summed E-state index contributed by atoms with van der Waals surface area (Å²) >= 11 is 0. The van der Waals surface area contributed by atoms with Crippen molar-refractivity contribution in [2.24, 2.45) is 0 Å². The Morgan fingerprint density at radius 2 is 2.04 bits per heavy atom. The van der Waals surface area contributed by atoms with E-state index < -0.39 is 10.8 Å². The first-order valence-electron chi connectivity index (χ1n) is 7.64. The standard InChI is InChI=1S/C16H21N5O3/c1-3-20(4-2)10-9-18-12-13(11-17)16(22)19-14-7-5-6-8-15(14)21(23)24/h5-8,12,18H,3-4,9-10H2,1-2H3,(H,19,22)/b13-12-. The molecule has 1 aromatic carbocycles. The largest absolute Gasteiger partial charge is 0.388 e. The Kier molecular flexibility index (Phi) is 7.94. The van der Waals surface area contributed by atoms with Crippen LogP contribution in [0, 0.1) is 21.4 Å². The molecule has 0 radical (unpaired) electrons. The highest BCUT2D eigenvalue weighted by atomic mass is 16.6. The SMILES string of the molecule is CCN(CC)CCN/C=C(/C#N)C(=O)Nc1ccccc1[N+](=O)[O-]. The summed E-state index contributed by atoms with van der Waals surface area (Å²) in [7, 11) is 0. The zero-order chi connectivity index (χ0) is 17.9. The molecule has 0 aliphatic rings. The van der Waals surface area contributed by atoms with E-state index >= 15 is 0 Å². The summed E-state index contributed by atoms with van der Waals surface area (Å²) in [5.74, 6) is -0.692. The summed E-state index contributed by atoms with van der Waals surface area (Å²) in [4.78, 5) is 24.6. The molecule has 2 N–H and O–H groups in total. The summed E-state index contributed by atoms with van der Waals surface area (Å²) in [6.45, 7) is 7.33. The quantitative estimate of drug-likeness (QED) is 0.235. The first kappa shape index (κ1) is 19.1. The van der Waals surface area contributed by atoms with E-state index in [0.717, 1.165) is 19.6 Å². The second kappa shape index (κ2) is 9.97. The molecular formula is C16H21N5O3. The Bertz CT molecular complexity index is 647. The maximum Gasteiger partial charge on any atom is 0.292 e. The zero-order valence-electron chi connectivity index (χ0n) is 13.8. The van der Waals surface area contributed by atoms with Gasteiger partial charge in [-0.15, -0.1) is 0 Å². The third-order valence-corrected chi connectivity index (χ3v) is 3.43. The first-order valence-corrected chi connectivity index (χ1v) is 7.64. The predicted molar refractivity (Wildman–Crippen MR) is 91.2 cm³/mol. The Balaban J connectivity index is 2.69. The summed E-state index contributed by atoms with van der Waals surface area (Å²) < 4.78 is 0. The van der Waals surface area contributed by atoms with Gasteiger partial charge in [-0.25, -0.2) is 0 Å². The molecule has 1 amide bonds. The maximum atomic E-state index is 12.1. The van der Waals surface area contributed by atoms with E-state index in [9.17, 15) is 14.9 Å². The van der Waals surface area contributed by atoms with E-state index in [1.807, 2.05) is 0 Å². The van der Waals surface area contributed by atoms with Crippen LogP contribution in [0.4, 0.5) is 11.4 Å². The van der Waals surface area contributed by atoms with E-state index in [1.165, 1.54) is 24.4 Å². The molecule has 1 aromatic rings. The highest BCUT2D eigenvalue weighted by Gasteiger charge is 2.17. The lowest BCUT2D eigenvalue weighted by Crippen LogP contribution is -2.30. The monoisotopic (exact) mass is 331 g/mol. The minimum absolute atomic E-state index is 0.0526. The van der Waals surface area contributed by atoms with Gasteiger partial charge in [0, 0.05) is 25.4 Å². The van der Waals surface area contributed by atoms with Crippen molar-refractivity contribution < 1.29 is 9.72 Å². The predicted octanol–water partition coefficient (Wildman–Crippen LogP) is 1.87. The van der Waals surface area contributed by atoms with Crippen molar-refractivity contribution in [2.75, 3.05) is 31.5 Å². The summed E-state index contributed by atoms with van der Waals surface area (Å²) in [5.41, 5.74) is -0.317. The average Bonchev–Trinajstić information content (AvgIpc) is 2.58. The number of carbonyl (C=O) groups excluding carboxylic acids is 1. The van der Waals surface area contributed by atoms with Crippen molar-refractivity contribution in [1.29, 1.82) is 5.26 Å². The normalized spacial score (nSPS) is 11.0. The van der Waals surface area contributed by atoms with Crippen molar-refractivity contribution in [3.05, 3.63) is 46.2 Å². The van der Waals surface area contributed by atoms with Crippen LogP contribution < -0.4 is 10.6 Å². The van der Waals surface area contributed by atoms with Gasteiger partial charge in [-0.3, -0.25) is 14.9 Å². The number of nitro benzene ring substituents is 1. The van der Waals surface area contributed by atoms with E-state index in [-0.39, 0.29) is 16.9 Å². The fourth-order valence-electron chi connectivity index (χ4n) is 2.01. The Morgan fingerprint density at radius 1 is 1.38 bits per heavy atom. The van der Waals surface area contributed by atoms with Crippen LogP contribution in [0.5, 0.6) is 0 Å². The number of amides is 1. The van der Waals surface area contributed by atoms with E-state index in [1.54, 1.807) is 12.1 Å². The highest BCUT2D eigenvalue weighted by molar-refractivity contribution is 6.07. The summed E-state index contributed by atoms with van der Waals surface area (Å²) in [5, 5.41) is 25.3. The average molecular weight is 331 g/mol. The van der Waals surface area contributed by atoms with Crippen LogP contribution in [0.1, 0.15) is 13.8 Å². The van der Waals surface area contributed by atoms with Crippen molar-refractivity contribution in [3.63, 3.8) is 0 Å². The van der Waals surface area contributed by atoms with Crippen LogP contribution in [0.15, 0.2) is 36.0 Å². The van der Waals surface area contributed by atoms with Gasteiger partial charge in [-0.1, -0.05) is 26.0 Å². The number of nitrogens with one attached hydrogen (secondary N) is 2. The minimum atomic E-state index is -0.692. The third kappa shape index (κ3) is 5.70. The van der Waals surface area contributed by atoms with Gasteiger partial charge in [0.25, 0.3) is 11.6 Å². The van der Waals surface area contributed by atoms with Gasteiger partial charge in [-0.05, 0) is 19.2 Å². The molecule has 8 nitrogen and oxygen atoms in total. The van der Waals surface area contributed by atoms with Gasteiger partial charge < -0.3 is 15.5 Å². The highest BCUT2D eigenvalue weighted by Crippen LogP contribution is 2.23. The van der Waals surface area contributed by atoms with E-state index in [2.05, 4.69) is 29.4 Å². The van der Waals surface area contributed by atoms with Crippen molar-refractivity contribution in [3.8, 4) is 6.07 Å². The molecule has 8 heteroatoms. The lowest BCUT2D eigenvalue weighted by Gasteiger charge is -2.17. The van der Waals surface area contributed by atoms with Gasteiger partial charge in [0.05, 0.1) is 4.92 Å². The number of carbonyl (C=O) groups is 1. The first-order chi connectivity index (χ1) is 11.5. The van der Waals surface area contributed by atoms with Crippen molar-refractivity contribution in [1.82, 2.24) is 10.2 Å². The Labute approximate surface area is 140 Å². The maximum absolute atomic E-state index is 12.1. The summed E-state index contributed by atoms with van der Waals surface area (Å²) in [6.07, 6.45) is 1.33. The molecule has 0 aliphatic heterocycles. The molecule has 1 rings (SSSR count). The number of likely N-dealkylation sites (N-methyl/N-ethyl adjacent to an activating group) is 1. The number of hydrogen-bond donors (Lipinski definition) is 2.